The van der Waals surface area contributed by atoms with E-state index in [1.165, 1.54) is 4.88 Å². The van der Waals surface area contributed by atoms with Crippen molar-refractivity contribution in [3.63, 3.8) is 0 Å². The van der Waals surface area contributed by atoms with E-state index in [-0.39, 0.29) is 12.0 Å². The normalized spacial score (nSPS) is 19.7. The van der Waals surface area contributed by atoms with Crippen molar-refractivity contribution in [2.45, 2.75) is 31.7 Å². The van der Waals surface area contributed by atoms with Crippen molar-refractivity contribution in [1.82, 2.24) is 0 Å². The maximum atomic E-state index is 12.4. The average molecular weight is 315 g/mol. The number of hydrogen-bond donors (Lipinski definition) is 1. The van der Waals surface area contributed by atoms with Crippen LogP contribution in [-0.2, 0) is 4.79 Å². The maximum Gasteiger partial charge on any atom is 0.138 e. The first kappa shape index (κ1) is 15.1. The summed E-state index contributed by atoms with van der Waals surface area (Å²) in [6.45, 7) is 0. The number of Topliss-reactive ketones (excluding diaryl/α,β-unsaturated/α-hetero) is 1. The van der Waals surface area contributed by atoms with Crippen molar-refractivity contribution < 1.29 is 9.53 Å². The highest BCUT2D eigenvalue weighted by atomic mass is 32.1. The van der Waals surface area contributed by atoms with E-state index in [0.717, 1.165) is 37.1 Å². The third-order valence-corrected chi connectivity index (χ3v) is 5.22. The van der Waals surface area contributed by atoms with Gasteiger partial charge in [-0.3, -0.25) is 4.79 Å². The molecular formula is C18H21NO2S. The van der Waals surface area contributed by atoms with Gasteiger partial charge in [0.1, 0.15) is 11.5 Å². The second-order valence-electron chi connectivity index (χ2n) is 5.68. The molecule has 4 heteroatoms. The number of carbonyl (C=O) groups is 1. The van der Waals surface area contributed by atoms with Crippen molar-refractivity contribution in [2.24, 2.45) is 5.92 Å². The molecule has 1 aliphatic rings. The fourth-order valence-corrected chi connectivity index (χ4v) is 3.91. The lowest BCUT2D eigenvalue weighted by Crippen LogP contribution is -2.29. The van der Waals surface area contributed by atoms with Gasteiger partial charge < -0.3 is 10.1 Å². The van der Waals surface area contributed by atoms with Crippen LogP contribution in [0.4, 0.5) is 5.69 Å². The lowest BCUT2D eigenvalue weighted by molar-refractivity contribution is -0.125. The summed E-state index contributed by atoms with van der Waals surface area (Å²) >= 11 is 1.71. The third kappa shape index (κ3) is 3.33. The summed E-state index contributed by atoms with van der Waals surface area (Å²) in [6, 6.07) is 12.1. The molecule has 1 saturated carbocycles. The van der Waals surface area contributed by atoms with Crippen LogP contribution in [0.1, 0.15) is 36.6 Å². The molecule has 1 N–H and O–H groups in total. The number of hydrogen-bond acceptors (Lipinski definition) is 4. The molecule has 1 aliphatic carbocycles. The van der Waals surface area contributed by atoms with Gasteiger partial charge in [-0.1, -0.05) is 12.5 Å². The Labute approximate surface area is 135 Å². The van der Waals surface area contributed by atoms with E-state index in [2.05, 4.69) is 22.8 Å². The molecule has 0 saturated heterocycles. The molecule has 116 valence electrons. The minimum absolute atomic E-state index is 0.0706. The Kier molecular flexibility index (Phi) is 4.78. The fraction of sp³-hybridized carbons (Fsp3) is 0.389. The SMILES string of the molecule is COc1ccc(N[C@H](c2cccs2)[C@H]2CCCCC2=O)cc1. The molecule has 1 heterocycles. The van der Waals surface area contributed by atoms with Crippen molar-refractivity contribution in [1.29, 1.82) is 0 Å². The van der Waals surface area contributed by atoms with Gasteiger partial charge in [0.25, 0.3) is 0 Å². The molecule has 3 nitrogen and oxygen atoms in total. The lowest BCUT2D eigenvalue weighted by Gasteiger charge is -2.30. The second kappa shape index (κ2) is 6.97. The summed E-state index contributed by atoms with van der Waals surface area (Å²) in [5.74, 6) is 1.31. The van der Waals surface area contributed by atoms with Crippen LogP contribution in [0, 0.1) is 5.92 Å². The molecule has 2 atom stereocenters. The average Bonchev–Trinajstić information content (AvgIpc) is 3.08. The number of ketones is 1. The van der Waals surface area contributed by atoms with Gasteiger partial charge in [0, 0.05) is 22.9 Å². The van der Waals surface area contributed by atoms with Gasteiger partial charge in [-0.2, -0.15) is 0 Å². The zero-order valence-corrected chi connectivity index (χ0v) is 13.6. The molecular weight excluding hydrogens is 294 g/mol. The zero-order chi connectivity index (χ0) is 15.4. The number of methoxy groups -OCH3 is 1. The molecule has 1 aromatic heterocycles. The van der Waals surface area contributed by atoms with Crippen LogP contribution in [0.3, 0.4) is 0 Å². The molecule has 0 amide bonds. The van der Waals surface area contributed by atoms with E-state index in [9.17, 15) is 4.79 Å². The quantitative estimate of drug-likeness (QED) is 0.871. The van der Waals surface area contributed by atoms with E-state index in [1.807, 2.05) is 24.3 Å². The number of carbonyl (C=O) groups excluding carboxylic acids is 1. The standard InChI is InChI=1S/C18H21NO2S/c1-21-14-10-8-13(9-11-14)19-18(17-7-4-12-22-17)15-5-2-3-6-16(15)20/h4,7-12,15,18-19H,2-3,5-6H2,1H3/t15-,18-/m0/s1. The molecule has 0 spiro atoms. The number of thiophene rings is 1. The van der Waals surface area contributed by atoms with Crippen molar-refractivity contribution in [3.05, 3.63) is 46.7 Å². The molecule has 0 bridgehead atoms. The summed E-state index contributed by atoms with van der Waals surface area (Å²) in [6.07, 6.45) is 3.87. The molecule has 1 aromatic carbocycles. The monoisotopic (exact) mass is 315 g/mol. The van der Waals surface area contributed by atoms with Crippen LogP contribution in [0.15, 0.2) is 41.8 Å². The number of rotatable bonds is 5. The van der Waals surface area contributed by atoms with E-state index in [1.54, 1.807) is 18.4 Å². The Balaban J connectivity index is 1.83. The van der Waals surface area contributed by atoms with Crippen LogP contribution in [0.5, 0.6) is 5.75 Å². The van der Waals surface area contributed by atoms with Gasteiger partial charge in [0.15, 0.2) is 0 Å². The molecule has 0 unspecified atom stereocenters. The Morgan fingerprint density at radius 2 is 2.05 bits per heavy atom. The zero-order valence-electron chi connectivity index (χ0n) is 12.7. The molecule has 1 fully saturated rings. The summed E-state index contributed by atoms with van der Waals surface area (Å²) < 4.78 is 5.20. The van der Waals surface area contributed by atoms with Crippen molar-refractivity contribution >= 4 is 22.8 Å². The van der Waals surface area contributed by atoms with Crippen LogP contribution in [0.25, 0.3) is 0 Å². The number of ether oxygens (including phenoxy) is 1. The highest BCUT2D eigenvalue weighted by Crippen LogP contribution is 2.36. The van der Waals surface area contributed by atoms with E-state index < -0.39 is 0 Å². The predicted molar refractivity (Wildman–Crippen MR) is 90.6 cm³/mol. The highest BCUT2D eigenvalue weighted by Gasteiger charge is 2.31. The molecule has 3 rings (SSSR count). The van der Waals surface area contributed by atoms with Crippen LogP contribution in [-0.4, -0.2) is 12.9 Å². The van der Waals surface area contributed by atoms with Gasteiger partial charge >= 0.3 is 0 Å². The third-order valence-electron chi connectivity index (χ3n) is 4.27. The van der Waals surface area contributed by atoms with E-state index in [4.69, 9.17) is 4.74 Å². The first-order valence-electron chi connectivity index (χ1n) is 7.74. The topological polar surface area (TPSA) is 38.3 Å². The first-order valence-corrected chi connectivity index (χ1v) is 8.62. The summed E-state index contributed by atoms with van der Waals surface area (Å²) in [5, 5.41) is 5.64. The summed E-state index contributed by atoms with van der Waals surface area (Å²) in [5.41, 5.74) is 1.03. The molecule has 0 aliphatic heterocycles. The van der Waals surface area contributed by atoms with Gasteiger partial charge in [0.05, 0.1) is 13.2 Å². The van der Waals surface area contributed by atoms with Crippen LogP contribution in [0.2, 0.25) is 0 Å². The lowest BCUT2D eigenvalue weighted by atomic mass is 9.82. The fourth-order valence-electron chi connectivity index (χ4n) is 3.07. The van der Waals surface area contributed by atoms with Gasteiger partial charge in [-0.15, -0.1) is 11.3 Å². The molecule has 2 aromatic rings. The molecule has 22 heavy (non-hydrogen) atoms. The smallest absolute Gasteiger partial charge is 0.138 e. The second-order valence-corrected chi connectivity index (χ2v) is 6.66. The minimum atomic E-state index is 0.0706. The predicted octanol–water partition coefficient (Wildman–Crippen LogP) is 4.67. The number of benzene rings is 1. The summed E-state index contributed by atoms with van der Waals surface area (Å²) in [7, 11) is 1.66. The van der Waals surface area contributed by atoms with E-state index in [0.29, 0.717) is 5.78 Å². The Morgan fingerprint density at radius 3 is 2.68 bits per heavy atom. The number of nitrogens with one attached hydrogen (secondary N) is 1. The van der Waals surface area contributed by atoms with Crippen molar-refractivity contribution in [3.8, 4) is 5.75 Å². The van der Waals surface area contributed by atoms with E-state index >= 15 is 0 Å². The first-order chi connectivity index (χ1) is 10.8. The van der Waals surface area contributed by atoms with Gasteiger partial charge in [-0.25, -0.2) is 0 Å². The number of anilines is 1. The summed E-state index contributed by atoms with van der Waals surface area (Å²) in [4.78, 5) is 13.6. The highest BCUT2D eigenvalue weighted by molar-refractivity contribution is 7.10. The van der Waals surface area contributed by atoms with Crippen LogP contribution < -0.4 is 10.1 Å². The maximum absolute atomic E-state index is 12.4. The molecule has 0 radical (unpaired) electrons. The van der Waals surface area contributed by atoms with Crippen LogP contribution >= 0.6 is 11.3 Å². The minimum Gasteiger partial charge on any atom is -0.497 e. The van der Waals surface area contributed by atoms with Gasteiger partial charge in [0.2, 0.25) is 0 Å². The Hall–Kier alpha value is -1.81. The Morgan fingerprint density at radius 1 is 1.23 bits per heavy atom. The largest absolute Gasteiger partial charge is 0.497 e. The van der Waals surface area contributed by atoms with Gasteiger partial charge in [-0.05, 0) is 48.6 Å². The van der Waals surface area contributed by atoms with Crippen molar-refractivity contribution in [2.75, 3.05) is 12.4 Å². The Bertz CT molecular complexity index is 607.